The van der Waals surface area contributed by atoms with Crippen molar-refractivity contribution < 1.29 is 4.42 Å². The van der Waals surface area contributed by atoms with E-state index in [1.807, 2.05) is 12.1 Å². The Morgan fingerprint density at radius 1 is 0.377 bits per heavy atom. The van der Waals surface area contributed by atoms with Gasteiger partial charge in [0.25, 0.3) is 0 Å². The van der Waals surface area contributed by atoms with Gasteiger partial charge < -0.3 is 9.32 Å². The van der Waals surface area contributed by atoms with Crippen LogP contribution in [-0.4, -0.2) is 0 Å². The highest BCUT2D eigenvalue weighted by Crippen LogP contribution is 2.59. The Hall–Kier alpha value is -6.90. The van der Waals surface area contributed by atoms with Crippen LogP contribution in [0.25, 0.3) is 56.3 Å². The number of para-hydroxylation sites is 2. The zero-order valence-corrected chi connectivity index (χ0v) is 28.9. The number of furan rings is 1. The molecule has 9 aromatic rings. The van der Waals surface area contributed by atoms with Gasteiger partial charge in [-0.2, -0.15) is 0 Å². The Bertz CT molecular complexity index is 2860. The van der Waals surface area contributed by atoms with Gasteiger partial charge in [0, 0.05) is 33.8 Å². The molecule has 2 heteroatoms. The average Bonchev–Trinajstić information content (AvgIpc) is 3.68. The molecule has 0 saturated heterocycles. The fraction of sp³-hybridized carbons (Fsp3) is 0.0196. The third-order valence-electron chi connectivity index (χ3n) is 11.3. The largest absolute Gasteiger partial charge is 0.456 e. The molecular weight excluding hydrogens is 643 g/mol. The van der Waals surface area contributed by atoms with Gasteiger partial charge in [0.15, 0.2) is 0 Å². The minimum atomic E-state index is -0.522. The van der Waals surface area contributed by atoms with Crippen LogP contribution in [0.5, 0.6) is 0 Å². The molecule has 0 atom stereocenters. The fourth-order valence-corrected chi connectivity index (χ4v) is 9.09. The van der Waals surface area contributed by atoms with Crippen molar-refractivity contribution in [3.8, 4) is 22.3 Å². The quantitative estimate of drug-likeness (QED) is 0.185. The second kappa shape index (κ2) is 11.6. The zero-order valence-electron chi connectivity index (χ0n) is 28.9. The fourth-order valence-electron chi connectivity index (χ4n) is 9.09. The molecule has 0 fully saturated rings. The van der Waals surface area contributed by atoms with Crippen molar-refractivity contribution in [1.82, 2.24) is 0 Å². The first-order valence-corrected chi connectivity index (χ1v) is 18.3. The van der Waals surface area contributed by atoms with Crippen LogP contribution in [0, 0.1) is 0 Å². The van der Waals surface area contributed by atoms with Crippen molar-refractivity contribution in [2.45, 2.75) is 5.41 Å². The predicted molar refractivity (Wildman–Crippen MR) is 220 cm³/mol. The lowest BCUT2D eigenvalue weighted by Gasteiger charge is -2.36. The number of hydrogen-bond donors (Lipinski definition) is 0. The number of rotatable bonds is 4. The molecule has 1 spiro atoms. The second-order valence-electron chi connectivity index (χ2n) is 14.0. The average molecular weight is 676 g/mol. The molecule has 0 aliphatic heterocycles. The highest BCUT2D eigenvalue weighted by Gasteiger charge is 2.48. The first-order valence-electron chi connectivity index (χ1n) is 18.3. The van der Waals surface area contributed by atoms with E-state index in [-0.39, 0.29) is 0 Å². The van der Waals surface area contributed by atoms with Crippen LogP contribution in [0.4, 0.5) is 17.1 Å². The lowest BCUT2D eigenvalue weighted by Crippen LogP contribution is -2.30. The molecule has 248 valence electrons. The molecule has 1 aromatic heterocycles. The van der Waals surface area contributed by atoms with Crippen molar-refractivity contribution in [3.05, 3.63) is 221 Å². The van der Waals surface area contributed by atoms with E-state index in [9.17, 15) is 0 Å². The maximum atomic E-state index is 6.49. The third-order valence-corrected chi connectivity index (χ3v) is 11.3. The minimum Gasteiger partial charge on any atom is -0.456 e. The van der Waals surface area contributed by atoms with Gasteiger partial charge in [-0.15, -0.1) is 0 Å². The highest BCUT2D eigenvalue weighted by molar-refractivity contribution is 6.06. The van der Waals surface area contributed by atoms with E-state index in [2.05, 4.69) is 193 Å². The predicted octanol–water partition coefficient (Wildman–Crippen LogP) is 13.6. The number of fused-ring (bicyclic) bond motifs is 12. The molecule has 0 unspecified atom stereocenters. The molecule has 0 N–H and O–H groups in total. The maximum absolute atomic E-state index is 6.49. The van der Waals surface area contributed by atoms with Gasteiger partial charge in [0.1, 0.15) is 11.2 Å². The van der Waals surface area contributed by atoms with Gasteiger partial charge in [0.05, 0.1) is 11.1 Å². The van der Waals surface area contributed by atoms with Crippen LogP contribution < -0.4 is 4.90 Å². The SMILES string of the molecule is C1=Cc2ccccc2C2(c3ccccc31)c1ccccc1-c1ccc(N(c3ccc4c(c3)oc3ccccc34)c3ccccc3-c3ccccc3)cc12. The molecule has 0 amide bonds. The topological polar surface area (TPSA) is 16.4 Å². The summed E-state index contributed by atoms with van der Waals surface area (Å²) in [6.45, 7) is 0. The number of hydrogen-bond acceptors (Lipinski definition) is 2. The van der Waals surface area contributed by atoms with E-state index in [0.717, 1.165) is 44.6 Å². The normalized spacial score (nSPS) is 13.4. The van der Waals surface area contributed by atoms with E-state index < -0.39 is 5.41 Å². The van der Waals surface area contributed by atoms with Crippen molar-refractivity contribution >= 4 is 51.2 Å². The van der Waals surface area contributed by atoms with E-state index in [0.29, 0.717) is 0 Å². The summed E-state index contributed by atoms with van der Waals surface area (Å²) in [7, 11) is 0. The maximum Gasteiger partial charge on any atom is 0.137 e. The Labute approximate surface area is 308 Å². The molecule has 2 aliphatic rings. The summed E-state index contributed by atoms with van der Waals surface area (Å²) in [6, 6.07) is 68.4. The summed E-state index contributed by atoms with van der Waals surface area (Å²) in [4.78, 5) is 2.42. The number of benzene rings is 8. The minimum absolute atomic E-state index is 0.522. The Balaban J connectivity index is 1.22. The van der Waals surface area contributed by atoms with Gasteiger partial charge in [-0.3, -0.25) is 0 Å². The number of nitrogens with zero attached hydrogens (tertiary/aromatic N) is 1. The van der Waals surface area contributed by atoms with Gasteiger partial charge in [-0.1, -0.05) is 158 Å². The molecule has 2 nitrogen and oxygen atoms in total. The van der Waals surface area contributed by atoms with E-state index in [1.165, 1.54) is 50.1 Å². The molecule has 0 saturated carbocycles. The van der Waals surface area contributed by atoms with E-state index in [4.69, 9.17) is 4.42 Å². The molecular formula is C51H33NO. The van der Waals surface area contributed by atoms with Crippen LogP contribution in [0.15, 0.2) is 192 Å². The molecule has 0 bridgehead atoms. The van der Waals surface area contributed by atoms with E-state index >= 15 is 0 Å². The standard InChI is InChI=1S/C51H33NO/c1-2-14-34(15-3-1)39-18-7-12-24-48(39)52(38-29-31-43-42-20-8-13-25-49(42)53-50(43)33-38)37-28-30-41-40-19-6-11-23-46(40)51(47(41)32-37)44-21-9-4-16-35(44)26-27-36-17-5-10-22-45(36)51/h1-33H. The molecule has 0 radical (unpaired) electrons. The van der Waals surface area contributed by atoms with Gasteiger partial charge >= 0.3 is 0 Å². The molecule has 8 aromatic carbocycles. The monoisotopic (exact) mass is 675 g/mol. The van der Waals surface area contributed by atoms with Crippen LogP contribution in [-0.2, 0) is 5.41 Å². The van der Waals surface area contributed by atoms with Gasteiger partial charge in [-0.25, -0.2) is 0 Å². The van der Waals surface area contributed by atoms with Crippen LogP contribution in [0.2, 0.25) is 0 Å². The number of anilines is 3. The first kappa shape index (κ1) is 29.8. The molecule has 53 heavy (non-hydrogen) atoms. The Kier molecular flexibility index (Phi) is 6.50. The van der Waals surface area contributed by atoms with Crippen molar-refractivity contribution in [2.75, 3.05) is 4.90 Å². The van der Waals surface area contributed by atoms with Crippen molar-refractivity contribution in [1.29, 1.82) is 0 Å². The summed E-state index contributed by atoms with van der Waals surface area (Å²) in [6.07, 6.45) is 4.58. The first-order chi connectivity index (χ1) is 26.3. The summed E-state index contributed by atoms with van der Waals surface area (Å²) in [5.74, 6) is 0. The zero-order chi connectivity index (χ0) is 34.9. The summed E-state index contributed by atoms with van der Waals surface area (Å²) < 4.78 is 6.49. The Morgan fingerprint density at radius 2 is 0.943 bits per heavy atom. The summed E-state index contributed by atoms with van der Waals surface area (Å²) in [5.41, 5.74) is 17.0. The smallest absolute Gasteiger partial charge is 0.137 e. The van der Waals surface area contributed by atoms with Crippen LogP contribution >= 0.6 is 0 Å². The van der Waals surface area contributed by atoms with Crippen LogP contribution in [0.1, 0.15) is 33.4 Å². The third kappa shape index (κ3) is 4.33. The lowest BCUT2D eigenvalue weighted by molar-refractivity contribution is 0.669. The molecule has 1 heterocycles. The molecule has 2 aliphatic carbocycles. The summed E-state index contributed by atoms with van der Waals surface area (Å²) in [5, 5.41) is 2.24. The van der Waals surface area contributed by atoms with Crippen molar-refractivity contribution in [3.63, 3.8) is 0 Å². The summed E-state index contributed by atoms with van der Waals surface area (Å²) >= 11 is 0. The molecule has 11 rings (SSSR count). The van der Waals surface area contributed by atoms with Gasteiger partial charge in [-0.05, 0) is 86.5 Å². The van der Waals surface area contributed by atoms with E-state index in [1.54, 1.807) is 0 Å². The lowest BCUT2D eigenvalue weighted by atomic mass is 9.66. The van der Waals surface area contributed by atoms with Crippen LogP contribution in [0.3, 0.4) is 0 Å². The van der Waals surface area contributed by atoms with Gasteiger partial charge in [0.2, 0.25) is 0 Å². The second-order valence-corrected chi connectivity index (χ2v) is 14.0. The Morgan fingerprint density at radius 3 is 1.74 bits per heavy atom. The van der Waals surface area contributed by atoms with Crippen molar-refractivity contribution in [2.24, 2.45) is 0 Å². The highest BCUT2D eigenvalue weighted by atomic mass is 16.3.